The molecule has 0 saturated heterocycles. The minimum absolute atomic E-state index is 0. The van der Waals surface area contributed by atoms with Crippen molar-refractivity contribution in [3.8, 4) is 0 Å². The largest absolute Gasteiger partial charge is 0.326 e. The van der Waals surface area contributed by atoms with Gasteiger partial charge in [-0.3, -0.25) is 4.90 Å². The quantitative estimate of drug-likeness (QED) is 0.908. The zero-order chi connectivity index (χ0) is 12.1. The molecule has 1 aliphatic carbocycles. The minimum atomic E-state index is 0. The monoisotopic (exact) mass is 268 g/mol. The molecular formula is C15H25ClN2. The van der Waals surface area contributed by atoms with Gasteiger partial charge in [0.2, 0.25) is 0 Å². The average molecular weight is 269 g/mol. The fourth-order valence-corrected chi connectivity index (χ4v) is 2.72. The molecule has 2 rings (SSSR count). The van der Waals surface area contributed by atoms with Crippen LogP contribution in [0, 0.1) is 0 Å². The van der Waals surface area contributed by atoms with Crippen molar-refractivity contribution < 1.29 is 0 Å². The molecule has 2 nitrogen and oxygen atoms in total. The molecule has 3 heteroatoms. The first kappa shape index (κ1) is 15.5. The molecule has 0 aromatic heterocycles. The molecule has 0 bridgehead atoms. The Hall–Kier alpha value is -0.570. The lowest BCUT2D eigenvalue weighted by Crippen LogP contribution is -2.32. The van der Waals surface area contributed by atoms with Crippen LogP contribution in [0.1, 0.15) is 43.2 Å². The van der Waals surface area contributed by atoms with E-state index in [1.54, 1.807) is 0 Å². The van der Waals surface area contributed by atoms with Gasteiger partial charge in [-0.15, -0.1) is 12.4 Å². The maximum Gasteiger partial charge on any atom is 0.0233 e. The van der Waals surface area contributed by atoms with Crippen LogP contribution >= 0.6 is 12.4 Å². The van der Waals surface area contributed by atoms with E-state index in [1.165, 1.54) is 43.2 Å². The Morgan fingerprint density at radius 2 is 1.61 bits per heavy atom. The van der Waals surface area contributed by atoms with Gasteiger partial charge in [-0.05, 0) is 31.0 Å². The van der Waals surface area contributed by atoms with Crippen LogP contribution in [-0.4, -0.2) is 18.0 Å². The van der Waals surface area contributed by atoms with E-state index in [0.29, 0.717) is 6.54 Å². The summed E-state index contributed by atoms with van der Waals surface area (Å²) in [6.45, 7) is 1.70. The molecule has 0 unspecified atom stereocenters. The van der Waals surface area contributed by atoms with Gasteiger partial charge in [0.1, 0.15) is 0 Å². The normalized spacial score (nSPS) is 16.6. The topological polar surface area (TPSA) is 29.3 Å². The molecular weight excluding hydrogens is 244 g/mol. The van der Waals surface area contributed by atoms with E-state index in [2.05, 4.69) is 36.2 Å². The third-order valence-electron chi connectivity index (χ3n) is 3.89. The molecule has 2 N–H and O–H groups in total. The van der Waals surface area contributed by atoms with Crippen LogP contribution in [0.2, 0.25) is 0 Å². The number of benzene rings is 1. The van der Waals surface area contributed by atoms with Crippen molar-refractivity contribution in [2.75, 3.05) is 7.05 Å². The van der Waals surface area contributed by atoms with Gasteiger partial charge >= 0.3 is 0 Å². The number of halogens is 1. The number of hydrogen-bond donors (Lipinski definition) is 1. The lowest BCUT2D eigenvalue weighted by Gasteiger charge is -2.31. The van der Waals surface area contributed by atoms with Gasteiger partial charge in [-0.1, -0.05) is 43.5 Å². The average Bonchev–Trinajstić information content (AvgIpc) is 2.40. The highest BCUT2D eigenvalue weighted by molar-refractivity contribution is 5.85. The van der Waals surface area contributed by atoms with E-state index in [1.807, 2.05) is 0 Å². The van der Waals surface area contributed by atoms with Crippen LogP contribution in [0.3, 0.4) is 0 Å². The zero-order valence-electron chi connectivity index (χ0n) is 11.3. The Balaban J connectivity index is 0.00000162. The molecule has 0 spiro atoms. The van der Waals surface area contributed by atoms with Crippen molar-refractivity contribution in [3.05, 3.63) is 35.4 Å². The summed E-state index contributed by atoms with van der Waals surface area (Å²) < 4.78 is 0. The zero-order valence-corrected chi connectivity index (χ0v) is 12.1. The first-order chi connectivity index (χ1) is 8.29. The summed E-state index contributed by atoms with van der Waals surface area (Å²) in [5, 5.41) is 0. The lowest BCUT2D eigenvalue weighted by atomic mass is 9.94. The molecule has 0 radical (unpaired) electrons. The van der Waals surface area contributed by atoms with Gasteiger partial charge < -0.3 is 5.73 Å². The third-order valence-corrected chi connectivity index (χ3v) is 3.89. The SMILES string of the molecule is CN(Cc1ccc(CN)cc1)C1CCCCC1.Cl. The second-order valence-electron chi connectivity index (χ2n) is 5.23. The van der Waals surface area contributed by atoms with Crippen LogP contribution in [0.4, 0.5) is 0 Å². The Bertz CT molecular complexity index is 331. The van der Waals surface area contributed by atoms with Crippen molar-refractivity contribution >= 4 is 12.4 Å². The van der Waals surface area contributed by atoms with Crippen LogP contribution in [0.15, 0.2) is 24.3 Å². The smallest absolute Gasteiger partial charge is 0.0233 e. The van der Waals surface area contributed by atoms with Crippen molar-refractivity contribution in [3.63, 3.8) is 0 Å². The fraction of sp³-hybridized carbons (Fsp3) is 0.600. The van der Waals surface area contributed by atoms with Gasteiger partial charge in [0.25, 0.3) is 0 Å². The highest BCUT2D eigenvalue weighted by atomic mass is 35.5. The van der Waals surface area contributed by atoms with Gasteiger partial charge in [0.15, 0.2) is 0 Å². The Morgan fingerprint density at radius 1 is 1.06 bits per heavy atom. The van der Waals surface area contributed by atoms with Crippen LogP contribution < -0.4 is 5.73 Å². The molecule has 0 atom stereocenters. The van der Waals surface area contributed by atoms with Crippen molar-refractivity contribution in [2.45, 2.75) is 51.2 Å². The second-order valence-corrected chi connectivity index (χ2v) is 5.23. The van der Waals surface area contributed by atoms with Gasteiger partial charge in [0, 0.05) is 19.1 Å². The van der Waals surface area contributed by atoms with Crippen LogP contribution in [0.25, 0.3) is 0 Å². The minimum Gasteiger partial charge on any atom is -0.326 e. The van der Waals surface area contributed by atoms with E-state index in [0.717, 1.165) is 12.6 Å². The van der Waals surface area contributed by atoms with E-state index < -0.39 is 0 Å². The Morgan fingerprint density at radius 3 is 2.17 bits per heavy atom. The van der Waals surface area contributed by atoms with Crippen molar-refractivity contribution in [1.82, 2.24) is 4.90 Å². The van der Waals surface area contributed by atoms with Crippen LogP contribution in [0.5, 0.6) is 0 Å². The molecule has 18 heavy (non-hydrogen) atoms. The molecule has 102 valence electrons. The predicted molar refractivity (Wildman–Crippen MR) is 79.9 cm³/mol. The molecule has 0 amide bonds. The van der Waals surface area contributed by atoms with Gasteiger partial charge in [-0.25, -0.2) is 0 Å². The molecule has 1 saturated carbocycles. The number of hydrogen-bond acceptors (Lipinski definition) is 2. The summed E-state index contributed by atoms with van der Waals surface area (Å²) in [6.07, 6.45) is 6.98. The van der Waals surface area contributed by atoms with E-state index in [9.17, 15) is 0 Å². The number of rotatable bonds is 4. The Labute approximate surface area is 117 Å². The summed E-state index contributed by atoms with van der Waals surface area (Å²) in [6, 6.07) is 9.50. The first-order valence-electron chi connectivity index (χ1n) is 6.77. The van der Waals surface area contributed by atoms with Gasteiger partial charge in [-0.2, -0.15) is 0 Å². The maximum absolute atomic E-state index is 5.61. The highest BCUT2D eigenvalue weighted by Gasteiger charge is 2.17. The molecule has 1 aliphatic rings. The summed E-state index contributed by atoms with van der Waals surface area (Å²) in [5.41, 5.74) is 8.22. The number of nitrogens with two attached hydrogens (primary N) is 1. The molecule has 1 aromatic carbocycles. The fourth-order valence-electron chi connectivity index (χ4n) is 2.72. The summed E-state index contributed by atoms with van der Waals surface area (Å²) in [7, 11) is 2.26. The van der Waals surface area contributed by atoms with Crippen molar-refractivity contribution in [1.29, 1.82) is 0 Å². The summed E-state index contributed by atoms with van der Waals surface area (Å²) >= 11 is 0. The van der Waals surface area contributed by atoms with Crippen molar-refractivity contribution in [2.24, 2.45) is 5.73 Å². The molecule has 0 aliphatic heterocycles. The molecule has 1 fully saturated rings. The summed E-state index contributed by atoms with van der Waals surface area (Å²) in [5.74, 6) is 0. The number of nitrogens with zero attached hydrogens (tertiary/aromatic N) is 1. The van der Waals surface area contributed by atoms with E-state index in [-0.39, 0.29) is 12.4 Å². The second kappa shape index (κ2) is 7.78. The van der Waals surface area contributed by atoms with Crippen LogP contribution in [-0.2, 0) is 13.1 Å². The lowest BCUT2D eigenvalue weighted by molar-refractivity contribution is 0.184. The van der Waals surface area contributed by atoms with Gasteiger partial charge in [0.05, 0.1) is 0 Å². The molecule has 1 aromatic rings. The third kappa shape index (κ3) is 4.27. The highest BCUT2D eigenvalue weighted by Crippen LogP contribution is 2.22. The first-order valence-corrected chi connectivity index (χ1v) is 6.77. The maximum atomic E-state index is 5.61. The van der Waals surface area contributed by atoms with E-state index in [4.69, 9.17) is 5.73 Å². The molecule has 0 heterocycles. The Kier molecular flexibility index (Phi) is 6.69. The van der Waals surface area contributed by atoms with E-state index >= 15 is 0 Å². The predicted octanol–water partition coefficient (Wildman–Crippen LogP) is 3.33. The standard InChI is InChI=1S/C15H24N2.ClH/c1-17(15-5-3-2-4-6-15)12-14-9-7-13(11-16)8-10-14;/h7-10,15H,2-6,11-12,16H2,1H3;1H. The summed E-state index contributed by atoms with van der Waals surface area (Å²) in [4.78, 5) is 2.51.